The van der Waals surface area contributed by atoms with Crippen molar-refractivity contribution in [2.75, 3.05) is 11.4 Å². The first-order chi connectivity index (χ1) is 8.79. The number of benzene rings is 1. The second-order valence-corrected chi connectivity index (χ2v) is 4.32. The molecule has 1 aromatic heterocycles. The van der Waals surface area contributed by atoms with Crippen LogP contribution in [0.15, 0.2) is 36.5 Å². The summed E-state index contributed by atoms with van der Waals surface area (Å²) in [5.41, 5.74) is 2.87. The van der Waals surface area contributed by atoms with Crippen molar-refractivity contribution in [1.29, 1.82) is 0 Å². The fourth-order valence-corrected chi connectivity index (χ4v) is 2.39. The average Bonchev–Trinajstić information content (AvgIpc) is 2.82. The summed E-state index contributed by atoms with van der Waals surface area (Å²) in [4.78, 5) is 6.15. The highest BCUT2D eigenvalue weighted by Gasteiger charge is 2.22. The smallest absolute Gasteiger partial charge is 0.142 e. The summed E-state index contributed by atoms with van der Waals surface area (Å²) < 4.78 is 13.1. The Bertz CT molecular complexity index is 586. The lowest BCUT2D eigenvalue weighted by Crippen LogP contribution is -2.17. The number of anilines is 2. The molecule has 0 fully saturated rings. The molecule has 0 unspecified atom stereocenters. The van der Waals surface area contributed by atoms with Gasteiger partial charge in [0.2, 0.25) is 0 Å². The van der Waals surface area contributed by atoms with Gasteiger partial charge in [0.15, 0.2) is 0 Å². The summed E-state index contributed by atoms with van der Waals surface area (Å²) in [5, 5.41) is 9.32. The number of fused-ring (bicyclic) bond motifs is 1. The van der Waals surface area contributed by atoms with E-state index in [1.54, 1.807) is 0 Å². The molecular weight excluding hydrogens is 231 g/mol. The van der Waals surface area contributed by atoms with Crippen LogP contribution in [-0.4, -0.2) is 16.6 Å². The van der Waals surface area contributed by atoms with Crippen LogP contribution in [0.4, 0.5) is 15.9 Å². The Morgan fingerprint density at radius 3 is 3.00 bits per heavy atom. The van der Waals surface area contributed by atoms with Gasteiger partial charge in [-0.25, -0.2) is 9.37 Å². The van der Waals surface area contributed by atoms with Gasteiger partial charge in [0, 0.05) is 17.8 Å². The fraction of sp³-hybridized carbons (Fsp3) is 0.214. The third-order valence-electron chi connectivity index (χ3n) is 3.22. The lowest BCUT2D eigenvalue weighted by atomic mass is 10.2. The predicted octanol–water partition coefficient (Wildman–Crippen LogP) is 2.41. The molecule has 0 spiro atoms. The summed E-state index contributed by atoms with van der Waals surface area (Å²) >= 11 is 0. The molecule has 1 aliphatic heterocycles. The first-order valence-corrected chi connectivity index (χ1v) is 5.90. The molecule has 2 heterocycles. The second-order valence-electron chi connectivity index (χ2n) is 4.32. The predicted molar refractivity (Wildman–Crippen MR) is 67.3 cm³/mol. The number of nitrogens with zero attached hydrogens (tertiary/aromatic N) is 2. The molecule has 0 atom stereocenters. The van der Waals surface area contributed by atoms with Gasteiger partial charge in [-0.1, -0.05) is 18.2 Å². The summed E-state index contributed by atoms with van der Waals surface area (Å²) in [5.74, 6) is 0.221. The van der Waals surface area contributed by atoms with E-state index in [0.29, 0.717) is 11.4 Å². The monoisotopic (exact) mass is 244 g/mol. The number of halogens is 1. The molecule has 0 radical (unpaired) electrons. The molecule has 1 aromatic carbocycles. The number of rotatable bonds is 2. The number of pyridine rings is 1. The quantitative estimate of drug-likeness (QED) is 0.881. The SMILES string of the molecule is OCc1cc(F)cnc1N1CCc2ccccc21. The molecule has 3 nitrogen and oxygen atoms in total. The maximum absolute atomic E-state index is 13.1. The molecule has 0 amide bonds. The first kappa shape index (κ1) is 11.2. The number of hydrogen-bond donors (Lipinski definition) is 1. The van der Waals surface area contributed by atoms with Gasteiger partial charge in [-0.2, -0.15) is 0 Å². The second kappa shape index (κ2) is 4.38. The number of hydrogen-bond acceptors (Lipinski definition) is 3. The van der Waals surface area contributed by atoms with Crippen LogP contribution >= 0.6 is 0 Å². The first-order valence-electron chi connectivity index (χ1n) is 5.90. The van der Waals surface area contributed by atoms with E-state index >= 15 is 0 Å². The van der Waals surface area contributed by atoms with E-state index in [4.69, 9.17) is 0 Å². The summed E-state index contributed by atoms with van der Waals surface area (Å²) in [6.07, 6.45) is 2.13. The number of aliphatic hydroxyl groups is 1. The molecule has 4 heteroatoms. The van der Waals surface area contributed by atoms with E-state index in [0.717, 1.165) is 18.7 Å². The Hall–Kier alpha value is -1.94. The molecule has 1 aliphatic rings. The highest BCUT2D eigenvalue weighted by molar-refractivity contribution is 5.69. The highest BCUT2D eigenvalue weighted by atomic mass is 19.1. The van der Waals surface area contributed by atoms with Crippen molar-refractivity contribution in [3.8, 4) is 0 Å². The average molecular weight is 244 g/mol. The van der Waals surface area contributed by atoms with E-state index in [1.807, 2.05) is 23.1 Å². The van der Waals surface area contributed by atoms with Gasteiger partial charge in [-0.05, 0) is 24.1 Å². The van der Waals surface area contributed by atoms with Crippen LogP contribution in [0.1, 0.15) is 11.1 Å². The minimum atomic E-state index is -0.421. The molecule has 0 bridgehead atoms. The lowest BCUT2D eigenvalue weighted by molar-refractivity contribution is 0.281. The molecule has 18 heavy (non-hydrogen) atoms. The van der Waals surface area contributed by atoms with Crippen LogP contribution in [0, 0.1) is 5.82 Å². The molecule has 1 N–H and O–H groups in total. The maximum atomic E-state index is 13.1. The number of para-hydroxylation sites is 1. The van der Waals surface area contributed by atoms with Crippen LogP contribution in [0.2, 0.25) is 0 Å². The van der Waals surface area contributed by atoms with Gasteiger partial charge in [0.25, 0.3) is 0 Å². The van der Waals surface area contributed by atoms with E-state index in [-0.39, 0.29) is 6.61 Å². The van der Waals surface area contributed by atoms with Crippen molar-refractivity contribution in [2.45, 2.75) is 13.0 Å². The standard InChI is InChI=1S/C14H13FN2O/c15-12-7-11(9-18)14(16-8-12)17-6-5-10-3-1-2-4-13(10)17/h1-4,7-8,18H,5-6,9H2. The van der Waals surface area contributed by atoms with Crippen LogP contribution < -0.4 is 4.90 Å². The largest absolute Gasteiger partial charge is 0.392 e. The van der Waals surface area contributed by atoms with Crippen molar-refractivity contribution in [2.24, 2.45) is 0 Å². The van der Waals surface area contributed by atoms with Crippen molar-refractivity contribution >= 4 is 11.5 Å². The van der Waals surface area contributed by atoms with Gasteiger partial charge >= 0.3 is 0 Å². The molecule has 0 saturated carbocycles. The van der Waals surface area contributed by atoms with Crippen molar-refractivity contribution in [3.63, 3.8) is 0 Å². The third-order valence-corrected chi connectivity index (χ3v) is 3.22. The molecular formula is C14H13FN2O. The number of aromatic nitrogens is 1. The minimum absolute atomic E-state index is 0.210. The Morgan fingerprint density at radius 2 is 2.17 bits per heavy atom. The lowest BCUT2D eigenvalue weighted by Gasteiger charge is -2.20. The van der Waals surface area contributed by atoms with Crippen LogP contribution in [0.3, 0.4) is 0 Å². The minimum Gasteiger partial charge on any atom is -0.392 e. The van der Waals surface area contributed by atoms with E-state index < -0.39 is 5.82 Å². The van der Waals surface area contributed by atoms with Gasteiger partial charge in [-0.3, -0.25) is 0 Å². The van der Waals surface area contributed by atoms with Gasteiger partial charge in [-0.15, -0.1) is 0 Å². The Morgan fingerprint density at radius 1 is 1.33 bits per heavy atom. The normalized spacial score (nSPS) is 13.8. The van der Waals surface area contributed by atoms with Gasteiger partial charge in [0.1, 0.15) is 11.6 Å². The fourth-order valence-electron chi connectivity index (χ4n) is 2.39. The van der Waals surface area contributed by atoms with Crippen LogP contribution in [0.5, 0.6) is 0 Å². The van der Waals surface area contributed by atoms with E-state index in [2.05, 4.69) is 11.1 Å². The van der Waals surface area contributed by atoms with Crippen molar-refractivity contribution in [3.05, 3.63) is 53.5 Å². The van der Waals surface area contributed by atoms with Crippen LogP contribution in [-0.2, 0) is 13.0 Å². The summed E-state index contributed by atoms with van der Waals surface area (Å²) in [7, 11) is 0. The topological polar surface area (TPSA) is 36.4 Å². The maximum Gasteiger partial charge on any atom is 0.142 e. The van der Waals surface area contributed by atoms with E-state index in [9.17, 15) is 9.50 Å². The van der Waals surface area contributed by atoms with Crippen LogP contribution in [0.25, 0.3) is 0 Å². The van der Waals surface area contributed by atoms with Gasteiger partial charge in [0.05, 0.1) is 12.8 Å². The molecule has 0 aliphatic carbocycles. The zero-order chi connectivity index (χ0) is 12.5. The van der Waals surface area contributed by atoms with Crippen molar-refractivity contribution in [1.82, 2.24) is 4.98 Å². The summed E-state index contributed by atoms with van der Waals surface area (Å²) in [6, 6.07) is 9.42. The Labute approximate surface area is 105 Å². The van der Waals surface area contributed by atoms with Gasteiger partial charge < -0.3 is 10.0 Å². The van der Waals surface area contributed by atoms with E-state index in [1.165, 1.54) is 17.8 Å². The Kier molecular flexibility index (Phi) is 2.72. The molecule has 92 valence electrons. The zero-order valence-electron chi connectivity index (χ0n) is 9.81. The van der Waals surface area contributed by atoms with Crippen molar-refractivity contribution < 1.29 is 9.50 Å². The number of aliphatic hydroxyl groups excluding tert-OH is 1. The molecule has 0 saturated heterocycles. The summed E-state index contributed by atoms with van der Waals surface area (Å²) in [6.45, 7) is 0.601. The highest BCUT2D eigenvalue weighted by Crippen LogP contribution is 2.34. The molecule has 2 aromatic rings. The molecule has 3 rings (SSSR count). The zero-order valence-corrected chi connectivity index (χ0v) is 9.81. The Balaban J connectivity index is 2.07. The third kappa shape index (κ3) is 1.75.